The average molecular weight is 162 g/mol. The molecular weight excluding hydrogens is 148 g/mol. The van der Waals surface area contributed by atoms with Gasteiger partial charge in [-0.15, -0.1) is 0 Å². The summed E-state index contributed by atoms with van der Waals surface area (Å²) in [6, 6.07) is 6.47. The lowest BCUT2D eigenvalue weighted by atomic mass is 9.69. The first-order chi connectivity index (χ1) is 5.79. The van der Waals surface area contributed by atoms with E-state index in [2.05, 4.69) is 18.0 Å². The number of aromatic nitrogens is 1. The second-order valence-electron chi connectivity index (χ2n) is 3.62. The Morgan fingerprint density at radius 1 is 1.50 bits per heavy atom. The minimum atomic E-state index is 0.386. The van der Waals surface area contributed by atoms with E-state index in [0.29, 0.717) is 17.9 Å². The topological polar surface area (TPSA) is 38.9 Å². The molecule has 0 aliphatic heterocycles. The second kappa shape index (κ2) is 2.87. The molecule has 1 aliphatic rings. The monoisotopic (exact) mass is 162 g/mol. The quantitative estimate of drug-likeness (QED) is 0.680. The third kappa shape index (κ3) is 1.12. The van der Waals surface area contributed by atoms with E-state index in [0.717, 1.165) is 6.42 Å². The van der Waals surface area contributed by atoms with Crippen LogP contribution in [-0.2, 0) is 0 Å². The Morgan fingerprint density at radius 3 is 2.83 bits per heavy atom. The second-order valence-corrected chi connectivity index (χ2v) is 3.62. The van der Waals surface area contributed by atoms with Crippen molar-refractivity contribution in [2.24, 2.45) is 11.7 Å². The van der Waals surface area contributed by atoms with E-state index in [9.17, 15) is 0 Å². The van der Waals surface area contributed by atoms with Crippen molar-refractivity contribution in [3.8, 4) is 0 Å². The first-order valence-electron chi connectivity index (χ1n) is 4.45. The van der Waals surface area contributed by atoms with Crippen molar-refractivity contribution in [3.63, 3.8) is 0 Å². The molecule has 1 aromatic rings. The predicted octanol–water partition coefficient (Wildman–Crippen LogP) is 1.53. The number of nitrogens with zero attached hydrogens (tertiary/aromatic N) is 1. The fourth-order valence-corrected chi connectivity index (χ4v) is 1.81. The third-order valence-corrected chi connectivity index (χ3v) is 2.90. The Balaban J connectivity index is 2.13. The Morgan fingerprint density at radius 2 is 2.33 bits per heavy atom. The molecule has 0 saturated heterocycles. The summed E-state index contributed by atoms with van der Waals surface area (Å²) < 4.78 is 0. The molecule has 3 atom stereocenters. The summed E-state index contributed by atoms with van der Waals surface area (Å²) in [7, 11) is 0. The Hall–Kier alpha value is -0.890. The van der Waals surface area contributed by atoms with E-state index < -0.39 is 0 Å². The van der Waals surface area contributed by atoms with Gasteiger partial charge in [-0.2, -0.15) is 0 Å². The zero-order valence-corrected chi connectivity index (χ0v) is 7.27. The zero-order valence-electron chi connectivity index (χ0n) is 7.27. The fourth-order valence-electron chi connectivity index (χ4n) is 1.81. The van der Waals surface area contributed by atoms with Gasteiger partial charge >= 0.3 is 0 Å². The standard InChI is InChI=1S/C10H14N2/c1-7-8(6-9(7)11)10-4-2-3-5-12-10/h2-5,7-9H,6,11H2,1H3. The maximum absolute atomic E-state index is 5.82. The van der Waals surface area contributed by atoms with Crippen LogP contribution in [-0.4, -0.2) is 11.0 Å². The molecule has 64 valence electrons. The predicted molar refractivity (Wildman–Crippen MR) is 48.7 cm³/mol. The van der Waals surface area contributed by atoms with Crippen LogP contribution in [0.25, 0.3) is 0 Å². The zero-order chi connectivity index (χ0) is 8.55. The maximum Gasteiger partial charge on any atom is 0.0438 e. The number of hydrogen-bond acceptors (Lipinski definition) is 2. The van der Waals surface area contributed by atoms with Gasteiger partial charge in [0.15, 0.2) is 0 Å². The van der Waals surface area contributed by atoms with Crippen LogP contribution in [0.1, 0.15) is 25.0 Å². The molecule has 2 N–H and O–H groups in total. The molecule has 3 unspecified atom stereocenters. The summed E-state index contributed by atoms with van der Waals surface area (Å²) in [5.41, 5.74) is 7.02. The number of pyridine rings is 1. The number of nitrogens with two attached hydrogens (primary N) is 1. The summed E-state index contributed by atoms with van der Waals surface area (Å²) in [6.45, 7) is 2.20. The van der Waals surface area contributed by atoms with Crippen molar-refractivity contribution in [2.75, 3.05) is 0 Å². The highest BCUT2D eigenvalue weighted by molar-refractivity contribution is 5.16. The van der Waals surface area contributed by atoms with Crippen molar-refractivity contribution in [2.45, 2.75) is 25.3 Å². The first-order valence-corrected chi connectivity index (χ1v) is 4.45. The molecule has 1 aliphatic carbocycles. The number of rotatable bonds is 1. The van der Waals surface area contributed by atoms with E-state index in [1.54, 1.807) is 0 Å². The van der Waals surface area contributed by atoms with Crippen molar-refractivity contribution < 1.29 is 0 Å². The molecule has 0 spiro atoms. The SMILES string of the molecule is CC1C(N)CC1c1ccccn1. The lowest BCUT2D eigenvalue weighted by molar-refractivity contribution is 0.222. The minimum absolute atomic E-state index is 0.386. The molecule has 0 radical (unpaired) electrons. The Bertz CT molecular complexity index is 258. The van der Waals surface area contributed by atoms with Gasteiger partial charge in [0, 0.05) is 23.9 Å². The van der Waals surface area contributed by atoms with Crippen LogP contribution >= 0.6 is 0 Å². The van der Waals surface area contributed by atoms with Crippen LogP contribution in [0.15, 0.2) is 24.4 Å². The van der Waals surface area contributed by atoms with Crippen LogP contribution in [0.5, 0.6) is 0 Å². The van der Waals surface area contributed by atoms with E-state index in [4.69, 9.17) is 5.73 Å². The molecule has 12 heavy (non-hydrogen) atoms. The molecule has 1 saturated carbocycles. The highest BCUT2D eigenvalue weighted by Crippen LogP contribution is 2.39. The summed E-state index contributed by atoms with van der Waals surface area (Å²) in [5.74, 6) is 1.20. The van der Waals surface area contributed by atoms with E-state index in [1.807, 2.05) is 18.3 Å². The Labute approximate surface area is 72.8 Å². The molecular formula is C10H14N2. The maximum atomic E-state index is 5.82. The highest BCUT2D eigenvalue weighted by atomic mass is 14.8. The molecule has 2 rings (SSSR count). The van der Waals surface area contributed by atoms with Gasteiger partial charge in [-0.25, -0.2) is 0 Å². The van der Waals surface area contributed by atoms with Gasteiger partial charge in [-0.05, 0) is 24.5 Å². The molecule has 1 aromatic heterocycles. The van der Waals surface area contributed by atoms with Crippen molar-refractivity contribution in [1.82, 2.24) is 4.98 Å². The highest BCUT2D eigenvalue weighted by Gasteiger charge is 2.36. The Kier molecular flexibility index (Phi) is 1.85. The third-order valence-electron chi connectivity index (χ3n) is 2.90. The first kappa shape index (κ1) is 7.74. The molecule has 0 bridgehead atoms. The molecule has 1 heterocycles. The lowest BCUT2D eigenvalue weighted by Crippen LogP contribution is -2.44. The molecule has 2 nitrogen and oxygen atoms in total. The smallest absolute Gasteiger partial charge is 0.0438 e. The van der Waals surface area contributed by atoms with Crippen LogP contribution in [0.3, 0.4) is 0 Å². The van der Waals surface area contributed by atoms with Crippen LogP contribution in [0.2, 0.25) is 0 Å². The van der Waals surface area contributed by atoms with E-state index in [1.165, 1.54) is 5.69 Å². The molecule has 1 fully saturated rings. The van der Waals surface area contributed by atoms with E-state index in [-0.39, 0.29) is 0 Å². The summed E-state index contributed by atoms with van der Waals surface area (Å²) in [4.78, 5) is 4.33. The normalized spacial score (nSPS) is 34.3. The largest absolute Gasteiger partial charge is 0.327 e. The van der Waals surface area contributed by atoms with Crippen molar-refractivity contribution in [3.05, 3.63) is 30.1 Å². The van der Waals surface area contributed by atoms with Gasteiger partial charge in [0.2, 0.25) is 0 Å². The van der Waals surface area contributed by atoms with Gasteiger partial charge in [0.1, 0.15) is 0 Å². The van der Waals surface area contributed by atoms with Crippen molar-refractivity contribution >= 4 is 0 Å². The summed E-state index contributed by atoms with van der Waals surface area (Å²) >= 11 is 0. The van der Waals surface area contributed by atoms with Crippen molar-refractivity contribution in [1.29, 1.82) is 0 Å². The summed E-state index contributed by atoms with van der Waals surface area (Å²) in [6.07, 6.45) is 2.95. The van der Waals surface area contributed by atoms with Gasteiger partial charge < -0.3 is 5.73 Å². The molecule has 0 amide bonds. The van der Waals surface area contributed by atoms with Crippen LogP contribution < -0.4 is 5.73 Å². The summed E-state index contributed by atoms with van der Waals surface area (Å²) in [5, 5.41) is 0. The number of hydrogen-bond donors (Lipinski definition) is 1. The lowest BCUT2D eigenvalue weighted by Gasteiger charge is -2.40. The average Bonchev–Trinajstić information content (AvgIpc) is 2.15. The fraction of sp³-hybridized carbons (Fsp3) is 0.500. The van der Waals surface area contributed by atoms with Gasteiger partial charge in [0.25, 0.3) is 0 Å². The molecule has 2 heteroatoms. The minimum Gasteiger partial charge on any atom is -0.327 e. The van der Waals surface area contributed by atoms with Crippen LogP contribution in [0.4, 0.5) is 0 Å². The van der Waals surface area contributed by atoms with Gasteiger partial charge in [-0.3, -0.25) is 4.98 Å². The van der Waals surface area contributed by atoms with Gasteiger partial charge in [0.05, 0.1) is 0 Å². The van der Waals surface area contributed by atoms with E-state index >= 15 is 0 Å². The molecule has 0 aromatic carbocycles. The van der Waals surface area contributed by atoms with Gasteiger partial charge in [-0.1, -0.05) is 13.0 Å². The van der Waals surface area contributed by atoms with Crippen LogP contribution in [0, 0.1) is 5.92 Å².